The lowest BCUT2D eigenvalue weighted by atomic mass is 10.2. The van der Waals surface area contributed by atoms with E-state index in [-0.39, 0.29) is 29.6 Å². The highest BCUT2D eigenvalue weighted by molar-refractivity contribution is 7.91. The van der Waals surface area contributed by atoms with E-state index in [1.165, 1.54) is 0 Å². The lowest BCUT2D eigenvalue weighted by molar-refractivity contribution is -0.134. The van der Waals surface area contributed by atoms with Crippen molar-refractivity contribution in [1.82, 2.24) is 14.7 Å². The Bertz CT molecular complexity index is 494. The zero-order valence-corrected chi connectivity index (χ0v) is 14.5. The number of likely N-dealkylation sites (N-methyl/N-ethyl adjacent to an activating group) is 2. The Kier molecular flexibility index (Phi) is 5.81. The Morgan fingerprint density at radius 1 is 1.32 bits per heavy atom. The number of carbonyl (C=O) groups excluding carboxylic acids is 1. The fraction of sp³-hybridized carbons (Fsp3) is 0.929. The van der Waals surface area contributed by atoms with E-state index < -0.39 is 9.84 Å². The van der Waals surface area contributed by atoms with E-state index in [9.17, 15) is 13.2 Å². The number of ether oxygens (including phenoxy) is 1. The van der Waals surface area contributed by atoms with E-state index in [0.717, 1.165) is 19.6 Å². The largest absolute Gasteiger partial charge is 0.374 e. The van der Waals surface area contributed by atoms with E-state index in [0.29, 0.717) is 19.6 Å². The summed E-state index contributed by atoms with van der Waals surface area (Å²) in [7, 11) is 2.76. The number of amides is 1. The van der Waals surface area contributed by atoms with E-state index in [2.05, 4.69) is 9.80 Å². The zero-order valence-electron chi connectivity index (χ0n) is 13.7. The van der Waals surface area contributed by atoms with Crippen LogP contribution in [0.5, 0.6) is 0 Å². The van der Waals surface area contributed by atoms with Crippen LogP contribution in [0, 0.1) is 0 Å². The van der Waals surface area contributed by atoms with Crippen LogP contribution in [0.1, 0.15) is 6.42 Å². The molecule has 0 N–H and O–H groups in total. The number of sulfone groups is 1. The molecule has 0 aromatic rings. The fourth-order valence-corrected chi connectivity index (χ4v) is 4.80. The number of nitrogens with zero attached hydrogens (tertiary/aromatic N) is 3. The number of hydrogen-bond acceptors (Lipinski definition) is 6. The van der Waals surface area contributed by atoms with Gasteiger partial charge in [-0.15, -0.1) is 0 Å². The minimum absolute atomic E-state index is 0.00685. The molecule has 0 aromatic heterocycles. The summed E-state index contributed by atoms with van der Waals surface area (Å²) < 4.78 is 28.8. The molecule has 2 heterocycles. The number of morpholine rings is 1. The van der Waals surface area contributed by atoms with Crippen LogP contribution in [0.25, 0.3) is 0 Å². The molecule has 0 aromatic carbocycles. The molecule has 2 aliphatic rings. The molecule has 2 unspecified atom stereocenters. The van der Waals surface area contributed by atoms with Crippen molar-refractivity contribution < 1.29 is 17.9 Å². The molecule has 0 radical (unpaired) electrons. The fourth-order valence-electron chi connectivity index (χ4n) is 3.03. The molecule has 0 spiro atoms. The van der Waals surface area contributed by atoms with E-state index in [1.807, 2.05) is 14.1 Å². The van der Waals surface area contributed by atoms with Gasteiger partial charge in [-0.1, -0.05) is 0 Å². The molecule has 0 bridgehead atoms. The highest BCUT2D eigenvalue weighted by Gasteiger charge is 2.33. The highest BCUT2D eigenvalue weighted by Crippen LogP contribution is 2.17. The maximum atomic E-state index is 12.4. The molecule has 2 atom stereocenters. The zero-order chi connectivity index (χ0) is 16.3. The SMILES string of the molecule is CN(C)CC1CN(CC(=O)N(C)C2CCS(=O)(=O)C2)CCO1. The summed E-state index contributed by atoms with van der Waals surface area (Å²) in [6.45, 7) is 3.28. The van der Waals surface area contributed by atoms with Crippen molar-refractivity contribution in [2.75, 3.05) is 65.4 Å². The van der Waals surface area contributed by atoms with Gasteiger partial charge in [0.25, 0.3) is 0 Å². The summed E-state index contributed by atoms with van der Waals surface area (Å²) in [4.78, 5) is 18.2. The predicted molar refractivity (Wildman–Crippen MR) is 84.6 cm³/mol. The van der Waals surface area contributed by atoms with Gasteiger partial charge in [-0.2, -0.15) is 0 Å². The summed E-state index contributed by atoms with van der Waals surface area (Å²) >= 11 is 0. The first-order valence-electron chi connectivity index (χ1n) is 7.71. The molecule has 8 heteroatoms. The molecule has 22 heavy (non-hydrogen) atoms. The Morgan fingerprint density at radius 3 is 2.64 bits per heavy atom. The van der Waals surface area contributed by atoms with Crippen LogP contribution in [-0.4, -0.2) is 107 Å². The van der Waals surface area contributed by atoms with Crippen LogP contribution >= 0.6 is 0 Å². The summed E-state index contributed by atoms with van der Waals surface area (Å²) in [5, 5.41) is 0. The van der Waals surface area contributed by atoms with Gasteiger partial charge in [-0.3, -0.25) is 9.69 Å². The van der Waals surface area contributed by atoms with Crippen molar-refractivity contribution in [2.45, 2.75) is 18.6 Å². The van der Waals surface area contributed by atoms with E-state index >= 15 is 0 Å². The first-order valence-corrected chi connectivity index (χ1v) is 9.54. The quantitative estimate of drug-likeness (QED) is 0.636. The second-order valence-corrected chi connectivity index (χ2v) is 8.78. The Hall–Kier alpha value is -0.700. The molecule has 128 valence electrons. The molecule has 0 saturated carbocycles. The van der Waals surface area contributed by atoms with Gasteiger partial charge in [0.2, 0.25) is 5.91 Å². The van der Waals surface area contributed by atoms with Crippen molar-refractivity contribution in [3.8, 4) is 0 Å². The Balaban J connectivity index is 1.83. The normalized spacial score (nSPS) is 28.9. The molecule has 7 nitrogen and oxygen atoms in total. The van der Waals surface area contributed by atoms with Gasteiger partial charge in [0.15, 0.2) is 9.84 Å². The third kappa shape index (κ3) is 4.91. The van der Waals surface area contributed by atoms with Crippen LogP contribution in [0.3, 0.4) is 0 Å². The maximum absolute atomic E-state index is 12.4. The van der Waals surface area contributed by atoms with Gasteiger partial charge >= 0.3 is 0 Å². The average molecular weight is 333 g/mol. The van der Waals surface area contributed by atoms with Gasteiger partial charge in [0, 0.05) is 32.7 Å². The van der Waals surface area contributed by atoms with Gasteiger partial charge in [0.1, 0.15) is 0 Å². The lowest BCUT2D eigenvalue weighted by Crippen LogP contribution is -2.51. The number of hydrogen-bond donors (Lipinski definition) is 0. The van der Waals surface area contributed by atoms with Crippen molar-refractivity contribution in [1.29, 1.82) is 0 Å². The third-order valence-electron chi connectivity index (χ3n) is 4.30. The van der Waals surface area contributed by atoms with Crippen molar-refractivity contribution in [3.05, 3.63) is 0 Å². The molecule has 0 aliphatic carbocycles. The number of rotatable bonds is 5. The smallest absolute Gasteiger partial charge is 0.236 e. The summed E-state index contributed by atoms with van der Waals surface area (Å²) in [5.74, 6) is 0.284. The van der Waals surface area contributed by atoms with E-state index in [1.54, 1.807) is 11.9 Å². The summed E-state index contributed by atoms with van der Waals surface area (Å²) in [6, 6.07) is -0.170. The van der Waals surface area contributed by atoms with E-state index in [4.69, 9.17) is 4.74 Å². The second-order valence-electron chi connectivity index (χ2n) is 6.55. The second kappa shape index (κ2) is 7.25. The number of carbonyl (C=O) groups is 1. The molecule has 2 aliphatic heterocycles. The molecule has 2 saturated heterocycles. The molecule has 2 rings (SSSR count). The van der Waals surface area contributed by atoms with Crippen LogP contribution in [0.2, 0.25) is 0 Å². The van der Waals surface area contributed by atoms with Gasteiger partial charge in [0.05, 0.1) is 30.8 Å². The molecule has 1 amide bonds. The first kappa shape index (κ1) is 17.7. The predicted octanol–water partition coefficient (Wildman–Crippen LogP) is -1.11. The average Bonchev–Trinajstić information content (AvgIpc) is 2.77. The van der Waals surface area contributed by atoms with Crippen LogP contribution in [0.15, 0.2) is 0 Å². The monoisotopic (exact) mass is 333 g/mol. The molecular weight excluding hydrogens is 306 g/mol. The molecule has 2 fully saturated rings. The topological polar surface area (TPSA) is 70.2 Å². The maximum Gasteiger partial charge on any atom is 0.236 e. The Labute approximate surface area is 133 Å². The minimum atomic E-state index is -2.96. The van der Waals surface area contributed by atoms with Crippen molar-refractivity contribution in [2.24, 2.45) is 0 Å². The standard InChI is InChI=1S/C14H27N3O4S/c1-15(2)8-13-9-17(5-6-21-13)10-14(18)16(3)12-4-7-22(19,20)11-12/h12-13H,4-11H2,1-3H3. The van der Waals surface area contributed by atoms with Gasteiger partial charge < -0.3 is 14.5 Å². The molecular formula is C14H27N3O4S. The third-order valence-corrected chi connectivity index (χ3v) is 6.05. The Morgan fingerprint density at radius 2 is 2.05 bits per heavy atom. The van der Waals surface area contributed by atoms with Crippen LogP contribution in [-0.2, 0) is 19.4 Å². The highest BCUT2D eigenvalue weighted by atomic mass is 32.2. The first-order chi connectivity index (χ1) is 10.3. The van der Waals surface area contributed by atoms with Gasteiger partial charge in [-0.05, 0) is 20.5 Å². The lowest BCUT2D eigenvalue weighted by Gasteiger charge is -2.35. The van der Waals surface area contributed by atoms with Crippen molar-refractivity contribution >= 4 is 15.7 Å². The minimum Gasteiger partial charge on any atom is -0.374 e. The van der Waals surface area contributed by atoms with Crippen molar-refractivity contribution in [3.63, 3.8) is 0 Å². The van der Waals surface area contributed by atoms with Crippen LogP contribution < -0.4 is 0 Å². The van der Waals surface area contributed by atoms with Gasteiger partial charge in [-0.25, -0.2) is 8.42 Å². The summed E-state index contributed by atoms with van der Waals surface area (Å²) in [6.07, 6.45) is 0.672. The summed E-state index contributed by atoms with van der Waals surface area (Å²) in [5.41, 5.74) is 0. The van der Waals surface area contributed by atoms with Crippen LogP contribution in [0.4, 0.5) is 0 Å².